The minimum atomic E-state index is -0.272. The van der Waals surface area contributed by atoms with E-state index >= 15 is 0 Å². The summed E-state index contributed by atoms with van der Waals surface area (Å²) in [6, 6.07) is 1.53. The van der Waals surface area contributed by atoms with Gasteiger partial charge in [0, 0.05) is 6.07 Å². The average Bonchev–Trinajstić information content (AvgIpc) is 2.78. The fraction of sp³-hybridized carbons (Fsp3) is 0.125. The van der Waals surface area contributed by atoms with Crippen LogP contribution in [0.4, 0.5) is 17.7 Å². The van der Waals surface area contributed by atoms with Crippen molar-refractivity contribution in [2.45, 2.75) is 5.16 Å². The van der Waals surface area contributed by atoms with Gasteiger partial charge in [-0.25, -0.2) is 0 Å². The molecule has 0 aliphatic carbocycles. The number of nitrogens with two attached hydrogens (primary N) is 2. The molecule has 1 amide bonds. The van der Waals surface area contributed by atoms with E-state index in [2.05, 4.69) is 29.9 Å². The molecule has 0 spiro atoms. The Morgan fingerprint density at radius 1 is 1.33 bits per heavy atom. The lowest BCUT2D eigenvalue weighted by atomic mass is 10.6. The maximum absolute atomic E-state index is 11.5. The van der Waals surface area contributed by atoms with E-state index in [1.165, 1.54) is 12.3 Å². The van der Waals surface area contributed by atoms with Crippen molar-refractivity contribution in [3.05, 3.63) is 12.3 Å². The van der Waals surface area contributed by atoms with Crippen molar-refractivity contribution < 1.29 is 9.32 Å². The molecular formula is C8H9N7O2S. The molecule has 0 aromatic carbocycles. The zero-order chi connectivity index (χ0) is 13.0. The fourth-order valence-electron chi connectivity index (χ4n) is 1.04. The number of thioether (sulfide) groups is 1. The van der Waals surface area contributed by atoms with Crippen molar-refractivity contribution in [2.75, 3.05) is 22.5 Å². The first-order valence-corrected chi connectivity index (χ1v) is 5.72. The van der Waals surface area contributed by atoms with Gasteiger partial charge in [0.15, 0.2) is 11.0 Å². The molecule has 94 valence electrons. The number of rotatable bonds is 4. The van der Waals surface area contributed by atoms with Crippen molar-refractivity contribution in [1.29, 1.82) is 0 Å². The standard InChI is InChI=1S/C8H9N7O2S/c9-6-12-7(10)14-8(13-6)18-3-5(16)11-4-1-2-17-15-4/h1-2H,3H2,(H,11,15,16)(H4,9,10,12,13,14). The number of nitrogens with one attached hydrogen (secondary N) is 1. The van der Waals surface area contributed by atoms with Crippen molar-refractivity contribution in [3.8, 4) is 0 Å². The maximum Gasteiger partial charge on any atom is 0.236 e. The van der Waals surface area contributed by atoms with E-state index in [0.29, 0.717) is 5.82 Å². The molecule has 0 aliphatic heterocycles. The Labute approximate surface area is 105 Å². The van der Waals surface area contributed by atoms with E-state index in [4.69, 9.17) is 11.5 Å². The number of hydrogen-bond acceptors (Lipinski definition) is 9. The molecule has 10 heteroatoms. The van der Waals surface area contributed by atoms with Gasteiger partial charge in [0.2, 0.25) is 17.8 Å². The van der Waals surface area contributed by atoms with Gasteiger partial charge < -0.3 is 21.3 Å². The van der Waals surface area contributed by atoms with Crippen molar-refractivity contribution in [3.63, 3.8) is 0 Å². The summed E-state index contributed by atoms with van der Waals surface area (Å²) < 4.78 is 4.57. The Morgan fingerprint density at radius 3 is 2.67 bits per heavy atom. The molecule has 0 saturated carbocycles. The Bertz CT molecular complexity index is 524. The van der Waals surface area contributed by atoms with Crippen LogP contribution < -0.4 is 16.8 Å². The third kappa shape index (κ3) is 3.31. The first kappa shape index (κ1) is 12.1. The lowest BCUT2D eigenvalue weighted by Gasteiger charge is -2.02. The molecule has 0 fully saturated rings. The molecule has 2 heterocycles. The summed E-state index contributed by atoms with van der Waals surface area (Å²) in [5.41, 5.74) is 10.8. The molecular weight excluding hydrogens is 258 g/mol. The smallest absolute Gasteiger partial charge is 0.236 e. The second kappa shape index (κ2) is 5.31. The van der Waals surface area contributed by atoms with Crippen molar-refractivity contribution in [2.24, 2.45) is 0 Å². The number of carbonyl (C=O) groups is 1. The van der Waals surface area contributed by atoms with E-state index in [0.717, 1.165) is 11.8 Å². The van der Waals surface area contributed by atoms with Crippen molar-refractivity contribution in [1.82, 2.24) is 20.1 Å². The predicted molar refractivity (Wildman–Crippen MR) is 64.5 cm³/mol. The second-order valence-electron chi connectivity index (χ2n) is 3.06. The van der Waals surface area contributed by atoms with E-state index in [-0.39, 0.29) is 28.7 Å². The Hall–Kier alpha value is -2.36. The van der Waals surface area contributed by atoms with Crippen LogP contribution in [-0.2, 0) is 4.79 Å². The highest BCUT2D eigenvalue weighted by Gasteiger charge is 2.08. The Morgan fingerprint density at radius 2 is 2.06 bits per heavy atom. The molecule has 0 radical (unpaired) electrons. The van der Waals surface area contributed by atoms with Crippen LogP contribution in [0.25, 0.3) is 0 Å². The predicted octanol–water partition coefficient (Wildman–Crippen LogP) is -0.245. The summed E-state index contributed by atoms with van der Waals surface area (Å²) in [6.07, 6.45) is 1.36. The van der Waals surface area contributed by atoms with Gasteiger partial charge in [0.05, 0.1) is 5.75 Å². The third-order valence-electron chi connectivity index (χ3n) is 1.69. The molecule has 2 aromatic rings. The van der Waals surface area contributed by atoms with Gasteiger partial charge in [0.25, 0.3) is 0 Å². The first-order chi connectivity index (χ1) is 8.63. The molecule has 0 atom stereocenters. The molecule has 9 nitrogen and oxygen atoms in total. The summed E-state index contributed by atoms with van der Waals surface area (Å²) in [5, 5.41) is 6.35. The van der Waals surface area contributed by atoms with E-state index < -0.39 is 0 Å². The normalized spacial score (nSPS) is 10.2. The number of amides is 1. The van der Waals surface area contributed by atoms with Gasteiger partial charge in [-0.2, -0.15) is 15.0 Å². The summed E-state index contributed by atoms with van der Waals surface area (Å²) in [5.74, 6) is 0.195. The lowest BCUT2D eigenvalue weighted by Crippen LogP contribution is -2.14. The monoisotopic (exact) mass is 267 g/mol. The highest BCUT2D eigenvalue weighted by molar-refractivity contribution is 7.99. The number of nitrogen functional groups attached to an aromatic ring is 2. The van der Waals surface area contributed by atoms with Crippen LogP contribution in [0.2, 0.25) is 0 Å². The summed E-state index contributed by atoms with van der Waals surface area (Å²) in [4.78, 5) is 22.8. The fourth-order valence-corrected chi connectivity index (χ4v) is 1.69. The molecule has 0 bridgehead atoms. The SMILES string of the molecule is Nc1nc(N)nc(SCC(=O)Nc2ccon2)n1. The summed E-state index contributed by atoms with van der Waals surface area (Å²) in [6.45, 7) is 0. The van der Waals surface area contributed by atoms with E-state index in [9.17, 15) is 4.79 Å². The first-order valence-electron chi connectivity index (χ1n) is 4.73. The van der Waals surface area contributed by atoms with Gasteiger partial charge >= 0.3 is 0 Å². The number of hydrogen-bond donors (Lipinski definition) is 3. The van der Waals surface area contributed by atoms with Crippen LogP contribution in [0.3, 0.4) is 0 Å². The maximum atomic E-state index is 11.5. The minimum absolute atomic E-state index is 0.0157. The number of carbonyl (C=O) groups excluding carboxylic acids is 1. The third-order valence-corrected chi connectivity index (χ3v) is 2.53. The highest BCUT2D eigenvalue weighted by atomic mass is 32.2. The molecule has 0 aliphatic rings. The Kier molecular flexibility index (Phi) is 3.57. The zero-order valence-corrected chi connectivity index (χ0v) is 9.85. The van der Waals surface area contributed by atoms with Crippen LogP contribution in [0.15, 0.2) is 22.0 Å². The van der Waals surface area contributed by atoms with E-state index in [1.54, 1.807) is 0 Å². The van der Waals surface area contributed by atoms with Gasteiger partial charge in [-0.1, -0.05) is 16.9 Å². The number of aromatic nitrogens is 4. The molecule has 5 N–H and O–H groups in total. The van der Waals surface area contributed by atoms with Gasteiger partial charge in [0.1, 0.15) is 6.26 Å². The van der Waals surface area contributed by atoms with Crippen molar-refractivity contribution >= 4 is 35.4 Å². The lowest BCUT2D eigenvalue weighted by molar-refractivity contribution is -0.113. The number of anilines is 3. The zero-order valence-electron chi connectivity index (χ0n) is 9.03. The summed E-state index contributed by atoms with van der Waals surface area (Å²) in [7, 11) is 0. The van der Waals surface area contributed by atoms with Gasteiger partial charge in [-0.15, -0.1) is 0 Å². The molecule has 0 unspecified atom stereocenters. The molecule has 0 saturated heterocycles. The quantitative estimate of drug-likeness (QED) is 0.638. The van der Waals surface area contributed by atoms with Crippen LogP contribution in [0, 0.1) is 0 Å². The van der Waals surface area contributed by atoms with Gasteiger partial charge in [-0.3, -0.25) is 4.79 Å². The van der Waals surface area contributed by atoms with Crippen LogP contribution >= 0.6 is 11.8 Å². The molecule has 18 heavy (non-hydrogen) atoms. The average molecular weight is 267 g/mol. The molecule has 2 rings (SSSR count). The van der Waals surface area contributed by atoms with Crippen LogP contribution in [0.1, 0.15) is 0 Å². The highest BCUT2D eigenvalue weighted by Crippen LogP contribution is 2.14. The largest absolute Gasteiger partial charge is 0.368 e. The Balaban J connectivity index is 1.89. The summed E-state index contributed by atoms with van der Waals surface area (Å²) >= 11 is 1.09. The van der Waals surface area contributed by atoms with Crippen LogP contribution in [0.5, 0.6) is 0 Å². The van der Waals surface area contributed by atoms with Crippen LogP contribution in [-0.4, -0.2) is 31.8 Å². The number of nitrogens with zero attached hydrogens (tertiary/aromatic N) is 4. The topological polar surface area (TPSA) is 146 Å². The minimum Gasteiger partial charge on any atom is -0.368 e. The second-order valence-corrected chi connectivity index (χ2v) is 4.00. The molecule has 2 aromatic heterocycles. The van der Waals surface area contributed by atoms with E-state index in [1.807, 2.05) is 0 Å². The van der Waals surface area contributed by atoms with Gasteiger partial charge in [-0.05, 0) is 0 Å².